The lowest BCUT2D eigenvalue weighted by Gasteiger charge is -2.21. The van der Waals surface area contributed by atoms with Crippen molar-refractivity contribution in [2.75, 3.05) is 20.2 Å². The molecule has 0 spiro atoms. The fourth-order valence-corrected chi connectivity index (χ4v) is 2.67. The van der Waals surface area contributed by atoms with Crippen LogP contribution < -0.4 is 0 Å². The van der Waals surface area contributed by atoms with Crippen LogP contribution in [-0.2, 0) is 17.9 Å². The summed E-state index contributed by atoms with van der Waals surface area (Å²) in [6.45, 7) is 4.19. The lowest BCUT2D eigenvalue weighted by Crippen LogP contribution is -2.32. The average Bonchev–Trinajstić information content (AvgIpc) is 2.51. The van der Waals surface area contributed by atoms with E-state index >= 15 is 0 Å². The molecular weight excluding hydrogens is 310 g/mol. The molecule has 0 aromatic heterocycles. The zero-order valence-corrected chi connectivity index (χ0v) is 14.5. The lowest BCUT2D eigenvalue weighted by atomic mass is 10.1. The van der Waals surface area contributed by atoms with E-state index < -0.39 is 6.10 Å². The Morgan fingerprint density at radius 2 is 1.74 bits per heavy atom. The first-order valence-corrected chi connectivity index (χ1v) is 8.16. The smallest absolute Gasteiger partial charge is 0.0900 e. The second-order valence-electron chi connectivity index (χ2n) is 5.88. The number of ether oxygens (including phenoxy) is 1. The molecule has 0 aliphatic carbocycles. The van der Waals surface area contributed by atoms with Gasteiger partial charge in [0.15, 0.2) is 0 Å². The summed E-state index contributed by atoms with van der Waals surface area (Å²) in [4.78, 5) is 2.10. The Bertz CT molecular complexity index is 618. The molecule has 0 saturated heterocycles. The fourth-order valence-electron chi connectivity index (χ4n) is 2.48. The van der Waals surface area contributed by atoms with Crippen LogP contribution >= 0.6 is 11.6 Å². The van der Waals surface area contributed by atoms with Crippen molar-refractivity contribution in [2.24, 2.45) is 0 Å². The van der Waals surface area contributed by atoms with Gasteiger partial charge >= 0.3 is 0 Å². The number of nitrogens with zero attached hydrogens (tertiary/aromatic N) is 1. The maximum absolute atomic E-state index is 10.1. The van der Waals surface area contributed by atoms with Gasteiger partial charge in [-0.3, -0.25) is 4.90 Å². The van der Waals surface area contributed by atoms with Crippen molar-refractivity contribution in [1.29, 1.82) is 0 Å². The number of aliphatic hydroxyl groups excluding tert-OH is 1. The molecular formula is C19H24ClNO2. The number of halogens is 1. The number of benzene rings is 2. The highest BCUT2D eigenvalue weighted by Crippen LogP contribution is 2.16. The van der Waals surface area contributed by atoms with Crippen LogP contribution in [0.4, 0.5) is 0 Å². The zero-order valence-electron chi connectivity index (χ0n) is 13.7. The Morgan fingerprint density at radius 3 is 2.43 bits per heavy atom. The van der Waals surface area contributed by atoms with E-state index in [1.165, 1.54) is 11.1 Å². The van der Waals surface area contributed by atoms with Gasteiger partial charge in [0, 0.05) is 18.1 Å². The molecule has 0 unspecified atom stereocenters. The summed E-state index contributed by atoms with van der Waals surface area (Å²) >= 11 is 6.08. The third-order valence-electron chi connectivity index (χ3n) is 3.75. The van der Waals surface area contributed by atoms with Gasteiger partial charge in [0.1, 0.15) is 0 Å². The van der Waals surface area contributed by atoms with Gasteiger partial charge in [-0.2, -0.15) is 0 Å². The van der Waals surface area contributed by atoms with Crippen LogP contribution in [0.5, 0.6) is 0 Å². The van der Waals surface area contributed by atoms with Gasteiger partial charge in [0.05, 0.1) is 19.3 Å². The monoisotopic (exact) mass is 333 g/mol. The maximum atomic E-state index is 10.1. The van der Waals surface area contributed by atoms with Crippen LogP contribution in [0.15, 0.2) is 48.5 Å². The number of hydrogen-bond acceptors (Lipinski definition) is 3. The molecule has 0 bridgehead atoms. The Balaban J connectivity index is 1.73. The van der Waals surface area contributed by atoms with Crippen molar-refractivity contribution < 1.29 is 9.84 Å². The van der Waals surface area contributed by atoms with Crippen LogP contribution in [0.25, 0.3) is 0 Å². The van der Waals surface area contributed by atoms with Gasteiger partial charge < -0.3 is 9.84 Å². The topological polar surface area (TPSA) is 32.7 Å². The van der Waals surface area contributed by atoms with E-state index in [0.29, 0.717) is 24.8 Å². The molecule has 124 valence electrons. The predicted molar refractivity (Wildman–Crippen MR) is 94.6 cm³/mol. The molecule has 0 amide bonds. The number of hydrogen-bond donors (Lipinski definition) is 1. The molecule has 2 aromatic carbocycles. The molecule has 0 aliphatic rings. The third-order valence-corrected chi connectivity index (χ3v) is 4.12. The maximum Gasteiger partial charge on any atom is 0.0900 e. The van der Waals surface area contributed by atoms with E-state index in [9.17, 15) is 5.11 Å². The number of likely N-dealkylation sites (N-methyl/N-ethyl adjacent to an activating group) is 1. The summed E-state index contributed by atoms with van der Waals surface area (Å²) in [6, 6.07) is 15.9. The van der Waals surface area contributed by atoms with Crippen molar-refractivity contribution in [1.82, 2.24) is 4.90 Å². The Labute approximate surface area is 143 Å². The summed E-state index contributed by atoms with van der Waals surface area (Å²) < 4.78 is 5.58. The summed E-state index contributed by atoms with van der Waals surface area (Å²) in [5.41, 5.74) is 3.48. The van der Waals surface area contributed by atoms with E-state index in [1.807, 2.05) is 43.4 Å². The highest BCUT2D eigenvalue weighted by atomic mass is 35.5. The first-order valence-electron chi connectivity index (χ1n) is 7.78. The summed E-state index contributed by atoms with van der Waals surface area (Å²) in [6.07, 6.45) is -0.522. The Kier molecular flexibility index (Phi) is 7.06. The van der Waals surface area contributed by atoms with Gasteiger partial charge in [-0.25, -0.2) is 0 Å². The molecule has 0 radical (unpaired) electrons. The zero-order chi connectivity index (χ0) is 16.7. The van der Waals surface area contributed by atoms with Gasteiger partial charge in [-0.15, -0.1) is 0 Å². The highest BCUT2D eigenvalue weighted by Gasteiger charge is 2.10. The molecule has 2 rings (SSSR count). The summed E-state index contributed by atoms with van der Waals surface area (Å²) in [5.74, 6) is 0. The first-order chi connectivity index (χ1) is 11.1. The van der Waals surface area contributed by atoms with Gasteiger partial charge in [0.2, 0.25) is 0 Å². The van der Waals surface area contributed by atoms with Crippen molar-refractivity contribution in [3.8, 4) is 0 Å². The molecule has 0 saturated carbocycles. The van der Waals surface area contributed by atoms with Crippen LogP contribution in [0.1, 0.15) is 16.7 Å². The first kappa shape index (κ1) is 18.0. The molecule has 4 heteroatoms. The minimum Gasteiger partial charge on any atom is -0.389 e. The number of rotatable bonds is 8. The van der Waals surface area contributed by atoms with E-state index in [2.05, 4.69) is 24.0 Å². The second-order valence-corrected chi connectivity index (χ2v) is 6.29. The summed E-state index contributed by atoms with van der Waals surface area (Å²) in [5, 5.41) is 10.8. The molecule has 1 atom stereocenters. The standard InChI is InChI=1S/C19H24ClNO2/c1-15-7-3-4-8-16(15)11-21(2)12-18(22)14-23-13-17-9-5-6-10-19(17)20/h3-10,18,22H,11-14H2,1-2H3/t18-/m0/s1. The largest absolute Gasteiger partial charge is 0.389 e. The minimum atomic E-state index is -0.522. The van der Waals surface area contributed by atoms with E-state index in [0.717, 1.165) is 12.1 Å². The van der Waals surface area contributed by atoms with E-state index in [4.69, 9.17) is 16.3 Å². The number of aliphatic hydroxyl groups is 1. The van der Waals surface area contributed by atoms with Gasteiger partial charge in [0.25, 0.3) is 0 Å². The van der Waals surface area contributed by atoms with Crippen LogP contribution in [-0.4, -0.2) is 36.3 Å². The van der Waals surface area contributed by atoms with Crippen LogP contribution in [0.2, 0.25) is 5.02 Å². The van der Waals surface area contributed by atoms with E-state index in [1.54, 1.807) is 0 Å². The molecule has 0 aliphatic heterocycles. The van der Waals surface area contributed by atoms with Crippen LogP contribution in [0, 0.1) is 6.92 Å². The Hall–Kier alpha value is -1.39. The van der Waals surface area contributed by atoms with Gasteiger partial charge in [-0.1, -0.05) is 54.1 Å². The van der Waals surface area contributed by atoms with E-state index in [-0.39, 0.29) is 0 Å². The van der Waals surface area contributed by atoms with Crippen molar-refractivity contribution in [3.63, 3.8) is 0 Å². The van der Waals surface area contributed by atoms with Crippen molar-refractivity contribution in [3.05, 3.63) is 70.2 Å². The third kappa shape index (κ3) is 5.96. The SMILES string of the molecule is Cc1ccccc1CN(C)C[C@H](O)COCc1ccccc1Cl. The molecule has 0 fully saturated rings. The lowest BCUT2D eigenvalue weighted by molar-refractivity contribution is 0.0127. The molecule has 0 heterocycles. The molecule has 1 N–H and O–H groups in total. The number of aryl methyl sites for hydroxylation is 1. The Morgan fingerprint density at radius 1 is 1.09 bits per heavy atom. The average molecular weight is 334 g/mol. The fraction of sp³-hybridized carbons (Fsp3) is 0.368. The predicted octanol–water partition coefficient (Wildman–Crippen LogP) is 3.66. The second kappa shape index (κ2) is 9.04. The molecule has 3 nitrogen and oxygen atoms in total. The minimum absolute atomic E-state index is 0.295. The van der Waals surface area contributed by atoms with Crippen molar-refractivity contribution in [2.45, 2.75) is 26.2 Å². The highest BCUT2D eigenvalue weighted by molar-refractivity contribution is 6.31. The van der Waals surface area contributed by atoms with Gasteiger partial charge in [-0.05, 0) is 36.7 Å². The summed E-state index contributed by atoms with van der Waals surface area (Å²) in [7, 11) is 2.00. The quantitative estimate of drug-likeness (QED) is 0.800. The normalized spacial score (nSPS) is 12.6. The van der Waals surface area contributed by atoms with Crippen LogP contribution in [0.3, 0.4) is 0 Å². The molecule has 23 heavy (non-hydrogen) atoms. The molecule has 2 aromatic rings. The van der Waals surface area contributed by atoms with Crippen molar-refractivity contribution >= 4 is 11.6 Å².